The lowest BCUT2D eigenvalue weighted by Crippen LogP contribution is -2.37. The lowest BCUT2D eigenvalue weighted by molar-refractivity contribution is -0.147. The van der Waals surface area contributed by atoms with Crippen molar-refractivity contribution in [2.24, 2.45) is 0 Å². The van der Waals surface area contributed by atoms with Gasteiger partial charge in [0.25, 0.3) is 0 Å². The molecule has 1 unspecified atom stereocenters. The van der Waals surface area contributed by atoms with E-state index in [9.17, 15) is 31.1 Å². The smallest absolute Gasteiger partial charge is 0.416 e. The van der Waals surface area contributed by atoms with Gasteiger partial charge >= 0.3 is 18.3 Å². The first kappa shape index (κ1) is 18.3. The van der Waals surface area contributed by atoms with Crippen molar-refractivity contribution in [1.29, 1.82) is 0 Å². The van der Waals surface area contributed by atoms with E-state index in [0.717, 1.165) is 14.0 Å². The molecule has 0 heterocycles. The van der Waals surface area contributed by atoms with Crippen LogP contribution in [0.2, 0.25) is 0 Å². The first-order chi connectivity index (χ1) is 9.82. The number of halogens is 6. The lowest BCUT2D eigenvalue weighted by atomic mass is 9.81. The number of alkyl halides is 6. The topological polar surface area (TPSA) is 46.5 Å². The predicted molar refractivity (Wildman–Crippen MR) is 63.3 cm³/mol. The van der Waals surface area contributed by atoms with Gasteiger partial charge in [0.05, 0.1) is 17.7 Å². The molecule has 0 fully saturated rings. The molecule has 1 rings (SSSR count). The van der Waals surface area contributed by atoms with Crippen molar-refractivity contribution in [1.82, 2.24) is 0 Å². The molecule has 124 valence electrons. The number of rotatable bonds is 4. The molecule has 22 heavy (non-hydrogen) atoms. The molecule has 0 aliphatic heterocycles. The SMILES string of the molecule is COCC(C)(C(=O)O)c1cc(C(F)(F)F)cc(C(F)(F)F)c1. The number of ether oxygens (including phenoxy) is 1. The molecule has 0 saturated heterocycles. The fraction of sp³-hybridized carbons (Fsp3) is 0.462. The average molecular weight is 330 g/mol. The minimum atomic E-state index is -5.04. The van der Waals surface area contributed by atoms with E-state index in [0.29, 0.717) is 12.1 Å². The molecule has 0 amide bonds. The molecule has 1 atom stereocenters. The van der Waals surface area contributed by atoms with Crippen LogP contribution < -0.4 is 0 Å². The summed E-state index contributed by atoms with van der Waals surface area (Å²) in [5.41, 5.74) is -5.82. The van der Waals surface area contributed by atoms with E-state index >= 15 is 0 Å². The fourth-order valence-corrected chi connectivity index (χ4v) is 1.83. The third kappa shape index (κ3) is 3.70. The Morgan fingerprint density at radius 3 is 1.64 bits per heavy atom. The van der Waals surface area contributed by atoms with Crippen molar-refractivity contribution < 1.29 is 41.0 Å². The van der Waals surface area contributed by atoms with Gasteiger partial charge in [-0.1, -0.05) is 0 Å². The molecule has 0 spiro atoms. The van der Waals surface area contributed by atoms with Crippen LogP contribution in [-0.4, -0.2) is 24.8 Å². The van der Waals surface area contributed by atoms with Gasteiger partial charge in [-0.3, -0.25) is 4.79 Å². The summed E-state index contributed by atoms with van der Waals surface area (Å²) in [6.07, 6.45) is -10.1. The number of hydrogen-bond donors (Lipinski definition) is 1. The highest BCUT2D eigenvalue weighted by Crippen LogP contribution is 2.39. The number of hydrogen-bond acceptors (Lipinski definition) is 2. The molecule has 0 saturated carbocycles. The summed E-state index contributed by atoms with van der Waals surface area (Å²) in [7, 11) is 1.10. The van der Waals surface area contributed by atoms with Crippen LogP contribution in [0.25, 0.3) is 0 Å². The molecule has 0 aliphatic rings. The largest absolute Gasteiger partial charge is 0.481 e. The molecule has 1 aromatic carbocycles. The summed E-state index contributed by atoms with van der Waals surface area (Å²) in [6.45, 7) is 0.412. The third-order valence-electron chi connectivity index (χ3n) is 3.13. The highest BCUT2D eigenvalue weighted by atomic mass is 19.4. The maximum atomic E-state index is 12.8. The first-order valence-electron chi connectivity index (χ1n) is 5.84. The Balaban J connectivity index is 3.63. The van der Waals surface area contributed by atoms with Gasteiger partial charge < -0.3 is 9.84 Å². The van der Waals surface area contributed by atoms with Crippen molar-refractivity contribution in [3.8, 4) is 0 Å². The number of benzene rings is 1. The fourth-order valence-electron chi connectivity index (χ4n) is 1.83. The van der Waals surface area contributed by atoms with Gasteiger partial charge in [-0.2, -0.15) is 26.3 Å². The van der Waals surface area contributed by atoms with E-state index in [2.05, 4.69) is 4.74 Å². The average Bonchev–Trinajstić information content (AvgIpc) is 2.36. The minimum Gasteiger partial charge on any atom is -0.481 e. The Hall–Kier alpha value is -1.77. The molecule has 0 radical (unpaired) electrons. The normalized spacial score (nSPS) is 15.5. The number of methoxy groups -OCH3 is 1. The quantitative estimate of drug-likeness (QED) is 0.856. The molecule has 3 nitrogen and oxygen atoms in total. The molecule has 0 aliphatic carbocycles. The third-order valence-corrected chi connectivity index (χ3v) is 3.13. The summed E-state index contributed by atoms with van der Waals surface area (Å²) < 4.78 is 81.2. The Labute approximate surface area is 121 Å². The van der Waals surface area contributed by atoms with Gasteiger partial charge in [-0.15, -0.1) is 0 Å². The summed E-state index contributed by atoms with van der Waals surface area (Å²) in [4.78, 5) is 11.3. The standard InChI is InChI=1S/C13H12F6O3/c1-11(6-22-2,10(20)21)7-3-8(12(14,15)16)5-9(4-7)13(17,18)19/h3-5H,6H2,1-2H3,(H,20,21). The zero-order valence-corrected chi connectivity index (χ0v) is 11.5. The van der Waals surface area contributed by atoms with Crippen LogP contribution in [0.3, 0.4) is 0 Å². The van der Waals surface area contributed by atoms with E-state index < -0.39 is 47.0 Å². The van der Waals surface area contributed by atoms with Crippen molar-refractivity contribution >= 4 is 5.97 Å². The highest BCUT2D eigenvalue weighted by Gasteiger charge is 2.42. The molecule has 0 bridgehead atoms. The Morgan fingerprint density at radius 2 is 1.36 bits per heavy atom. The molecule has 1 N–H and O–H groups in total. The van der Waals surface area contributed by atoms with Crippen LogP contribution in [0.5, 0.6) is 0 Å². The number of carbonyl (C=O) groups is 1. The Bertz CT molecular complexity index is 532. The van der Waals surface area contributed by atoms with Crippen molar-refractivity contribution in [3.05, 3.63) is 34.9 Å². The second kappa shape index (κ2) is 5.79. The predicted octanol–water partition coefficient (Wildman–Crippen LogP) is 3.71. The first-order valence-corrected chi connectivity index (χ1v) is 5.84. The van der Waals surface area contributed by atoms with Crippen LogP contribution in [0.4, 0.5) is 26.3 Å². The van der Waals surface area contributed by atoms with Gasteiger partial charge in [-0.05, 0) is 30.7 Å². The second-order valence-electron chi connectivity index (χ2n) is 4.86. The monoisotopic (exact) mass is 330 g/mol. The molecule has 1 aromatic rings. The van der Waals surface area contributed by atoms with E-state index in [1.807, 2.05) is 0 Å². The van der Waals surface area contributed by atoms with Gasteiger partial charge in [0.15, 0.2) is 0 Å². The maximum Gasteiger partial charge on any atom is 0.416 e. The van der Waals surface area contributed by atoms with Crippen molar-refractivity contribution in [2.45, 2.75) is 24.7 Å². The van der Waals surface area contributed by atoms with E-state index in [-0.39, 0.29) is 6.07 Å². The highest BCUT2D eigenvalue weighted by molar-refractivity contribution is 5.81. The molecule has 0 aromatic heterocycles. The molecule has 9 heteroatoms. The van der Waals surface area contributed by atoms with Crippen LogP contribution in [0.15, 0.2) is 18.2 Å². The number of carboxylic acids is 1. The summed E-state index contributed by atoms with van der Waals surface area (Å²) in [5, 5.41) is 9.16. The van der Waals surface area contributed by atoms with Crippen LogP contribution in [-0.2, 0) is 27.3 Å². The second-order valence-corrected chi connectivity index (χ2v) is 4.86. The molecular weight excluding hydrogens is 318 g/mol. The van der Waals surface area contributed by atoms with Crippen molar-refractivity contribution in [3.63, 3.8) is 0 Å². The Kier molecular flexibility index (Phi) is 4.81. The van der Waals surface area contributed by atoms with E-state index in [1.54, 1.807) is 0 Å². The molecular formula is C13H12F6O3. The minimum absolute atomic E-state index is 0.0570. The number of carboxylic acid groups (broad SMARTS) is 1. The van der Waals surface area contributed by atoms with Crippen LogP contribution in [0.1, 0.15) is 23.6 Å². The Morgan fingerprint density at radius 1 is 1.00 bits per heavy atom. The van der Waals surface area contributed by atoms with E-state index in [1.165, 1.54) is 0 Å². The maximum absolute atomic E-state index is 12.8. The summed E-state index contributed by atoms with van der Waals surface area (Å²) in [5.74, 6) is -1.60. The van der Waals surface area contributed by atoms with Gasteiger partial charge in [0.1, 0.15) is 5.41 Å². The zero-order valence-electron chi connectivity index (χ0n) is 11.5. The lowest BCUT2D eigenvalue weighted by Gasteiger charge is -2.26. The summed E-state index contributed by atoms with van der Waals surface area (Å²) in [6, 6.07) is 0.726. The van der Waals surface area contributed by atoms with Crippen LogP contribution in [0, 0.1) is 0 Å². The van der Waals surface area contributed by atoms with Crippen LogP contribution >= 0.6 is 0 Å². The van der Waals surface area contributed by atoms with E-state index in [4.69, 9.17) is 5.11 Å². The summed E-state index contributed by atoms with van der Waals surface area (Å²) >= 11 is 0. The number of aliphatic carboxylic acids is 1. The van der Waals surface area contributed by atoms with Gasteiger partial charge in [0, 0.05) is 7.11 Å². The van der Waals surface area contributed by atoms with Gasteiger partial charge in [-0.25, -0.2) is 0 Å². The van der Waals surface area contributed by atoms with Gasteiger partial charge in [0.2, 0.25) is 0 Å². The van der Waals surface area contributed by atoms with Crippen molar-refractivity contribution in [2.75, 3.05) is 13.7 Å². The zero-order chi connectivity index (χ0) is 17.3.